The van der Waals surface area contributed by atoms with Crippen molar-refractivity contribution in [2.45, 2.75) is 45.2 Å². The Morgan fingerprint density at radius 1 is 1.05 bits per heavy atom. The number of carbonyl (C=O) groups is 2. The Morgan fingerprint density at radius 3 is 2.56 bits per heavy atom. The highest BCUT2D eigenvalue weighted by atomic mass is 32.2. The van der Waals surface area contributed by atoms with Crippen LogP contribution in [0.15, 0.2) is 68.5 Å². The topological polar surface area (TPSA) is 70.1 Å². The van der Waals surface area contributed by atoms with Gasteiger partial charge >= 0.3 is 0 Å². The number of carbonyl (C=O) groups excluding carboxylic acids is 2. The van der Waals surface area contributed by atoms with Crippen LogP contribution in [0.3, 0.4) is 0 Å². The molecule has 0 aliphatic carbocycles. The molecule has 5 rings (SSSR count). The molecule has 39 heavy (non-hydrogen) atoms. The van der Waals surface area contributed by atoms with Gasteiger partial charge < -0.3 is 18.6 Å². The van der Waals surface area contributed by atoms with Crippen LogP contribution >= 0.6 is 24.0 Å². The molecule has 0 unspecified atom stereocenters. The zero-order valence-corrected chi connectivity index (χ0v) is 23.1. The molecule has 1 aromatic carbocycles. The van der Waals surface area contributed by atoms with Gasteiger partial charge in [-0.25, -0.2) is 4.39 Å². The summed E-state index contributed by atoms with van der Waals surface area (Å²) in [5.74, 6) is 1.66. The predicted molar refractivity (Wildman–Crippen MR) is 153 cm³/mol. The largest absolute Gasteiger partial charge is 0.467 e. The van der Waals surface area contributed by atoms with Crippen LogP contribution in [0.1, 0.15) is 49.2 Å². The summed E-state index contributed by atoms with van der Waals surface area (Å²) in [4.78, 5) is 32.2. The minimum atomic E-state index is -0.333. The zero-order chi connectivity index (χ0) is 27.2. The van der Waals surface area contributed by atoms with E-state index < -0.39 is 0 Å². The summed E-state index contributed by atoms with van der Waals surface area (Å²) < 4.78 is 25.3. The molecule has 0 N–H and O–H groups in total. The number of hydrogen-bond acceptors (Lipinski definition) is 7. The van der Waals surface area contributed by atoms with E-state index in [0.717, 1.165) is 43.1 Å². The first-order chi connectivity index (χ1) is 19.0. The molecule has 0 saturated carbocycles. The smallest absolute Gasteiger partial charge is 0.266 e. The van der Waals surface area contributed by atoms with Crippen molar-refractivity contribution in [3.8, 4) is 0 Å². The third-order valence-electron chi connectivity index (χ3n) is 6.76. The minimum absolute atomic E-state index is 0.0605. The molecule has 2 aliphatic rings. The predicted octanol–water partition coefficient (Wildman–Crippen LogP) is 6.21. The second-order valence-electron chi connectivity index (χ2n) is 9.61. The number of piperidine rings is 1. The van der Waals surface area contributed by atoms with Crippen LogP contribution in [0.25, 0.3) is 6.08 Å². The molecule has 0 spiro atoms. The molecule has 2 aliphatic heterocycles. The standard InChI is InChI=1S/C29H30FN3O4S2/c30-22-10-8-21(9-11-22)18-25-28(35)33(29(38)39-25)16-4-7-26(34)32(19-23-6-5-17-36-23)20-24-12-13-27(37-24)31-14-2-1-3-15-31/h5-6,8-13,17-18H,1-4,7,14-16,19-20H2/b25-18-. The fraction of sp³-hybridized carbons (Fsp3) is 0.345. The second-order valence-corrected chi connectivity index (χ2v) is 11.3. The lowest BCUT2D eigenvalue weighted by molar-refractivity contribution is -0.133. The van der Waals surface area contributed by atoms with Gasteiger partial charge in [-0.2, -0.15) is 0 Å². The number of halogens is 1. The first-order valence-corrected chi connectivity index (χ1v) is 14.3. The molecule has 2 saturated heterocycles. The van der Waals surface area contributed by atoms with E-state index in [1.807, 2.05) is 18.2 Å². The average Bonchev–Trinajstić information content (AvgIpc) is 3.69. The van der Waals surface area contributed by atoms with Gasteiger partial charge in [0.2, 0.25) is 5.91 Å². The third kappa shape index (κ3) is 6.99. The molecular weight excluding hydrogens is 537 g/mol. The number of thioether (sulfide) groups is 1. The summed E-state index contributed by atoms with van der Waals surface area (Å²) in [5, 5.41) is 0. The summed E-state index contributed by atoms with van der Waals surface area (Å²) >= 11 is 6.64. The molecule has 2 fully saturated rings. The van der Waals surface area contributed by atoms with Crippen LogP contribution in [-0.2, 0) is 22.7 Å². The molecule has 204 valence electrons. The summed E-state index contributed by atoms with van der Waals surface area (Å²) in [6, 6.07) is 13.5. The molecule has 4 heterocycles. The van der Waals surface area contributed by atoms with Crippen molar-refractivity contribution in [3.63, 3.8) is 0 Å². The summed E-state index contributed by atoms with van der Waals surface area (Å²) in [6.45, 7) is 2.96. The van der Waals surface area contributed by atoms with Crippen molar-refractivity contribution in [3.05, 3.63) is 82.6 Å². The van der Waals surface area contributed by atoms with Crippen molar-refractivity contribution in [2.24, 2.45) is 0 Å². The highest BCUT2D eigenvalue weighted by Crippen LogP contribution is 2.33. The highest BCUT2D eigenvalue weighted by molar-refractivity contribution is 8.26. The molecule has 10 heteroatoms. The normalized spacial score (nSPS) is 16.9. The highest BCUT2D eigenvalue weighted by Gasteiger charge is 2.32. The van der Waals surface area contributed by atoms with Gasteiger partial charge in [0.05, 0.1) is 24.3 Å². The van der Waals surface area contributed by atoms with E-state index in [1.54, 1.807) is 35.4 Å². The number of thiocarbonyl (C=S) groups is 1. The van der Waals surface area contributed by atoms with Crippen molar-refractivity contribution >= 4 is 52.1 Å². The molecule has 0 radical (unpaired) electrons. The second kappa shape index (κ2) is 12.7. The maximum atomic E-state index is 13.3. The third-order valence-corrected chi connectivity index (χ3v) is 8.13. The Morgan fingerprint density at radius 2 is 1.82 bits per heavy atom. The molecule has 2 aromatic heterocycles. The molecule has 0 bridgehead atoms. The van der Waals surface area contributed by atoms with Crippen LogP contribution in [0.4, 0.5) is 10.3 Å². The minimum Gasteiger partial charge on any atom is -0.467 e. The van der Waals surface area contributed by atoms with Crippen molar-refractivity contribution in [2.75, 3.05) is 24.5 Å². The fourth-order valence-corrected chi connectivity index (χ4v) is 6.01. The van der Waals surface area contributed by atoms with Gasteiger partial charge in [0.1, 0.15) is 21.7 Å². The lowest BCUT2D eigenvalue weighted by Crippen LogP contribution is -2.32. The van der Waals surface area contributed by atoms with Gasteiger partial charge in [0.15, 0.2) is 5.88 Å². The van der Waals surface area contributed by atoms with Crippen LogP contribution in [0.5, 0.6) is 0 Å². The Bertz CT molecular complexity index is 1330. The van der Waals surface area contributed by atoms with E-state index in [4.69, 9.17) is 21.1 Å². The summed E-state index contributed by atoms with van der Waals surface area (Å²) in [5.41, 5.74) is 0.724. The van der Waals surface area contributed by atoms with Gasteiger partial charge in [-0.1, -0.05) is 36.1 Å². The van der Waals surface area contributed by atoms with E-state index in [2.05, 4.69) is 4.90 Å². The van der Waals surface area contributed by atoms with Gasteiger partial charge in [-0.15, -0.1) is 0 Å². The van der Waals surface area contributed by atoms with Crippen LogP contribution in [-0.4, -0.2) is 45.6 Å². The Kier molecular flexibility index (Phi) is 8.83. The number of anilines is 1. The zero-order valence-electron chi connectivity index (χ0n) is 21.5. The number of furan rings is 2. The molecule has 2 amide bonds. The van der Waals surface area contributed by atoms with Crippen LogP contribution in [0.2, 0.25) is 0 Å². The van der Waals surface area contributed by atoms with Gasteiger partial charge in [-0.3, -0.25) is 14.5 Å². The Labute approximate surface area is 236 Å². The van der Waals surface area contributed by atoms with E-state index in [1.165, 1.54) is 35.2 Å². The van der Waals surface area contributed by atoms with Crippen molar-refractivity contribution in [1.82, 2.24) is 9.80 Å². The number of benzene rings is 1. The average molecular weight is 568 g/mol. The maximum absolute atomic E-state index is 13.3. The van der Waals surface area contributed by atoms with Gasteiger partial charge in [-0.05, 0) is 67.7 Å². The molecule has 0 atom stereocenters. The molecular formula is C29H30FN3O4S2. The quantitative estimate of drug-likeness (QED) is 0.213. The van der Waals surface area contributed by atoms with Crippen molar-refractivity contribution < 1.29 is 22.8 Å². The number of nitrogens with zero attached hydrogens (tertiary/aromatic N) is 3. The maximum Gasteiger partial charge on any atom is 0.266 e. The van der Waals surface area contributed by atoms with E-state index in [0.29, 0.717) is 41.0 Å². The van der Waals surface area contributed by atoms with E-state index in [9.17, 15) is 14.0 Å². The molecule has 3 aromatic rings. The van der Waals surface area contributed by atoms with E-state index in [-0.39, 0.29) is 24.1 Å². The summed E-state index contributed by atoms with van der Waals surface area (Å²) in [6.07, 6.45) is 7.56. The Hall–Kier alpha value is -3.37. The van der Waals surface area contributed by atoms with Gasteiger partial charge in [0.25, 0.3) is 5.91 Å². The first kappa shape index (κ1) is 27.2. The van der Waals surface area contributed by atoms with Crippen LogP contribution < -0.4 is 4.90 Å². The van der Waals surface area contributed by atoms with Gasteiger partial charge in [0, 0.05) is 32.1 Å². The first-order valence-electron chi connectivity index (χ1n) is 13.1. The van der Waals surface area contributed by atoms with E-state index >= 15 is 0 Å². The fourth-order valence-electron chi connectivity index (χ4n) is 4.70. The number of rotatable bonds is 10. The Balaban J connectivity index is 1.19. The summed E-state index contributed by atoms with van der Waals surface area (Å²) in [7, 11) is 0. The monoisotopic (exact) mass is 567 g/mol. The molecule has 7 nitrogen and oxygen atoms in total. The number of amides is 2. The SMILES string of the molecule is O=C(CCCN1C(=O)/C(=C/c2ccc(F)cc2)SC1=S)N(Cc1ccco1)Cc1ccc(N2CCCCC2)o1. The van der Waals surface area contributed by atoms with Crippen LogP contribution in [0, 0.1) is 5.82 Å². The lowest BCUT2D eigenvalue weighted by atomic mass is 10.1. The van der Waals surface area contributed by atoms with Crippen molar-refractivity contribution in [1.29, 1.82) is 0 Å². The number of hydrogen-bond donors (Lipinski definition) is 0. The lowest BCUT2D eigenvalue weighted by Gasteiger charge is -2.26.